The van der Waals surface area contributed by atoms with Crippen LogP contribution in [0.3, 0.4) is 0 Å². The predicted molar refractivity (Wildman–Crippen MR) is 196 cm³/mol. The first-order chi connectivity index (χ1) is 23.7. The van der Waals surface area contributed by atoms with Crippen molar-refractivity contribution in [2.45, 2.75) is 97.6 Å². The van der Waals surface area contributed by atoms with E-state index < -0.39 is 13.7 Å². The van der Waals surface area contributed by atoms with Crippen LogP contribution in [-0.2, 0) is 16.2 Å². The van der Waals surface area contributed by atoms with Crippen LogP contribution < -0.4 is 4.90 Å². The highest BCUT2D eigenvalue weighted by atomic mass is 28.3. The Morgan fingerprint density at radius 3 is 2.40 bits per heavy atom. The van der Waals surface area contributed by atoms with E-state index in [0.717, 1.165) is 29.3 Å². The van der Waals surface area contributed by atoms with Crippen LogP contribution in [0.5, 0.6) is 0 Å². The number of hydrogen-bond acceptors (Lipinski definition) is 8. The summed E-state index contributed by atoms with van der Waals surface area (Å²) < 4.78 is 14.9. The van der Waals surface area contributed by atoms with Crippen LogP contribution in [-0.4, -0.2) is 103 Å². The number of carbonyl (C=O) groups excluding carboxylic acids is 2. The molecule has 3 aromatic heterocycles. The molecule has 2 aliphatic rings. The number of urea groups is 1. The van der Waals surface area contributed by atoms with E-state index in [4.69, 9.17) is 14.5 Å². The Hall–Kier alpha value is -4.30. The first kappa shape index (κ1) is 35.5. The lowest BCUT2D eigenvalue weighted by Crippen LogP contribution is -2.49. The maximum atomic E-state index is 14.1. The van der Waals surface area contributed by atoms with Gasteiger partial charge in [0, 0.05) is 57.7 Å². The third-order valence-electron chi connectivity index (χ3n) is 9.31. The Bertz CT molecular complexity index is 1800. The second-order valence-electron chi connectivity index (χ2n) is 16.0. The van der Waals surface area contributed by atoms with E-state index in [9.17, 15) is 9.59 Å². The summed E-state index contributed by atoms with van der Waals surface area (Å²) in [6, 6.07) is 11.0. The number of carbonyl (C=O) groups is 2. The van der Waals surface area contributed by atoms with Crippen LogP contribution in [0.1, 0.15) is 47.5 Å². The van der Waals surface area contributed by atoms with Gasteiger partial charge < -0.3 is 19.3 Å². The summed E-state index contributed by atoms with van der Waals surface area (Å²) in [7, 11) is -1.14. The predicted octanol–water partition coefficient (Wildman–Crippen LogP) is 6.63. The third-order valence-corrected chi connectivity index (χ3v) is 11.0. The Labute approximate surface area is 295 Å². The van der Waals surface area contributed by atoms with Crippen molar-refractivity contribution < 1.29 is 19.1 Å². The molecule has 1 unspecified atom stereocenters. The van der Waals surface area contributed by atoms with Gasteiger partial charge in [0.05, 0.1) is 12.2 Å². The highest BCUT2D eigenvalue weighted by Gasteiger charge is 2.44. The molecule has 0 radical (unpaired) electrons. The van der Waals surface area contributed by atoms with Gasteiger partial charge in [-0.2, -0.15) is 5.10 Å². The molecule has 1 aromatic carbocycles. The van der Waals surface area contributed by atoms with Crippen molar-refractivity contribution in [3.05, 3.63) is 49.1 Å². The SMILES string of the molecule is CC(C)C1CN(C2CCN(C(=O)OC(C)(C)C)CC2)C(=O)N1c1ccn2ncc(-c3ccc(-c4ncn(COCC[Si](C)(C)C)n4)cc3)c2n1. The van der Waals surface area contributed by atoms with E-state index in [2.05, 4.69) is 48.7 Å². The molecule has 4 aromatic rings. The van der Waals surface area contributed by atoms with Crippen LogP contribution in [0.15, 0.2) is 49.1 Å². The van der Waals surface area contributed by atoms with Crippen molar-refractivity contribution in [1.82, 2.24) is 39.2 Å². The molecule has 6 rings (SSSR count). The van der Waals surface area contributed by atoms with E-state index in [1.54, 1.807) is 20.4 Å². The molecule has 1 atom stereocenters. The monoisotopic (exact) mass is 701 g/mol. The van der Waals surface area contributed by atoms with Crippen molar-refractivity contribution in [3.8, 4) is 22.5 Å². The molecule has 13 nitrogen and oxygen atoms in total. The summed E-state index contributed by atoms with van der Waals surface area (Å²) in [5.74, 6) is 1.46. The number of fused-ring (bicyclic) bond motifs is 1. The fraction of sp³-hybridized carbons (Fsp3) is 0.556. The van der Waals surface area contributed by atoms with Gasteiger partial charge >= 0.3 is 12.1 Å². The Morgan fingerprint density at radius 1 is 1.04 bits per heavy atom. The zero-order chi connectivity index (χ0) is 35.8. The normalized spacial score (nSPS) is 17.8. The molecule has 0 saturated carbocycles. The summed E-state index contributed by atoms with van der Waals surface area (Å²) in [6.07, 6.45) is 6.50. The van der Waals surface area contributed by atoms with Gasteiger partial charge in [-0.1, -0.05) is 57.8 Å². The number of benzene rings is 1. The van der Waals surface area contributed by atoms with Crippen molar-refractivity contribution in [1.29, 1.82) is 0 Å². The zero-order valence-corrected chi connectivity index (χ0v) is 31.7. The number of hydrogen-bond donors (Lipinski definition) is 0. The first-order valence-electron chi connectivity index (χ1n) is 17.7. The quantitative estimate of drug-likeness (QED) is 0.133. The molecule has 2 aliphatic heterocycles. The minimum atomic E-state index is -1.14. The van der Waals surface area contributed by atoms with Crippen LogP contribution >= 0.6 is 0 Å². The molecular weight excluding hydrogens is 651 g/mol. The smallest absolute Gasteiger partial charge is 0.410 e. The molecule has 0 N–H and O–H groups in total. The molecule has 0 bridgehead atoms. The lowest BCUT2D eigenvalue weighted by atomic mass is 10.0. The molecule has 5 heterocycles. The number of rotatable bonds is 10. The van der Waals surface area contributed by atoms with E-state index >= 15 is 0 Å². The molecule has 2 saturated heterocycles. The molecule has 0 aliphatic carbocycles. The van der Waals surface area contributed by atoms with E-state index in [1.165, 1.54) is 0 Å². The number of amides is 3. The number of piperidine rings is 1. The summed E-state index contributed by atoms with van der Waals surface area (Å²) >= 11 is 0. The standard InChI is InChI=1S/C36H51N9O4Si/c1-25(2)30-22-43(28-13-16-41(17-14-28)35(47)49-36(3,4)5)34(46)45(30)31-15-18-44-33(39-31)29(21-38-44)26-9-11-27(12-10-26)32-37-23-42(40-32)24-48-19-20-50(6,7)8/h9-12,15,18,21,23,25,28,30H,13-14,16-17,19-20,22,24H2,1-8H3. The van der Waals surface area contributed by atoms with Gasteiger partial charge in [-0.05, 0) is 57.2 Å². The lowest BCUT2D eigenvalue weighted by molar-refractivity contribution is 0.0169. The number of anilines is 1. The van der Waals surface area contributed by atoms with Crippen LogP contribution in [0, 0.1) is 5.92 Å². The van der Waals surface area contributed by atoms with Gasteiger partial charge in [0.2, 0.25) is 0 Å². The summed E-state index contributed by atoms with van der Waals surface area (Å²) in [5.41, 5.74) is 2.86. The summed E-state index contributed by atoms with van der Waals surface area (Å²) in [6.45, 7) is 19.8. The van der Waals surface area contributed by atoms with Gasteiger partial charge in [0.15, 0.2) is 11.5 Å². The van der Waals surface area contributed by atoms with Gasteiger partial charge in [-0.15, -0.1) is 5.10 Å². The minimum Gasteiger partial charge on any atom is -0.444 e. The second-order valence-corrected chi connectivity index (χ2v) is 21.6. The van der Waals surface area contributed by atoms with Crippen molar-refractivity contribution >= 4 is 31.7 Å². The van der Waals surface area contributed by atoms with E-state index in [-0.39, 0.29) is 30.1 Å². The maximum absolute atomic E-state index is 14.1. The number of nitrogens with zero attached hydrogens (tertiary/aromatic N) is 9. The number of ether oxygens (including phenoxy) is 2. The van der Waals surface area contributed by atoms with Gasteiger partial charge in [-0.3, -0.25) is 4.90 Å². The minimum absolute atomic E-state index is 0.0370. The fourth-order valence-corrected chi connectivity index (χ4v) is 7.19. The van der Waals surface area contributed by atoms with E-state index in [0.29, 0.717) is 56.5 Å². The average Bonchev–Trinajstić information content (AvgIpc) is 3.79. The van der Waals surface area contributed by atoms with Crippen LogP contribution in [0.2, 0.25) is 25.7 Å². The highest BCUT2D eigenvalue weighted by molar-refractivity contribution is 6.76. The fourth-order valence-electron chi connectivity index (χ4n) is 6.43. The topological polar surface area (TPSA) is 123 Å². The van der Waals surface area contributed by atoms with Crippen LogP contribution in [0.25, 0.3) is 28.2 Å². The van der Waals surface area contributed by atoms with Gasteiger partial charge in [0.1, 0.15) is 24.5 Å². The second kappa shape index (κ2) is 14.1. The molecule has 2 fully saturated rings. The molecule has 14 heteroatoms. The van der Waals surface area contributed by atoms with Gasteiger partial charge in [0.25, 0.3) is 0 Å². The van der Waals surface area contributed by atoms with Crippen LogP contribution in [0.4, 0.5) is 15.4 Å². The van der Waals surface area contributed by atoms with Crippen molar-refractivity contribution in [2.75, 3.05) is 31.1 Å². The van der Waals surface area contributed by atoms with E-state index in [1.807, 2.05) is 73.3 Å². The average molecular weight is 702 g/mol. The highest BCUT2D eigenvalue weighted by Crippen LogP contribution is 2.33. The molecule has 0 spiro atoms. The molecular formula is C36H51N9O4Si. The Kier molecular flexibility index (Phi) is 10.0. The first-order valence-corrected chi connectivity index (χ1v) is 21.4. The summed E-state index contributed by atoms with van der Waals surface area (Å²) in [4.78, 5) is 41.8. The largest absolute Gasteiger partial charge is 0.444 e. The van der Waals surface area contributed by atoms with Crippen molar-refractivity contribution in [2.24, 2.45) is 5.92 Å². The molecule has 50 heavy (non-hydrogen) atoms. The zero-order valence-electron chi connectivity index (χ0n) is 30.7. The molecule has 3 amide bonds. The number of likely N-dealkylation sites (tertiary alicyclic amines) is 1. The Balaban J connectivity index is 1.15. The maximum Gasteiger partial charge on any atom is 0.410 e. The molecule has 268 valence electrons. The lowest BCUT2D eigenvalue weighted by Gasteiger charge is -2.37. The summed E-state index contributed by atoms with van der Waals surface area (Å²) in [5, 5.41) is 9.16. The Morgan fingerprint density at radius 2 is 1.74 bits per heavy atom. The number of aromatic nitrogens is 6. The van der Waals surface area contributed by atoms with Gasteiger partial charge in [-0.25, -0.2) is 28.8 Å². The third kappa shape index (κ3) is 8.01. The van der Waals surface area contributed by atoms with Crippen molar-refractivity contribution in [3.63, 3.8) is 0 Å².